The number of ether oxygens (including phenoxy) is 2. The van der Waals surface area contributed by atoms with Crippen LogP contribution in [0.25, 0.3) is 10.2 Å². The first-order chi connectivity index (χ1) is 13.4. The van der Waals surface area contributed by atoms with E-state index in [1.807, 2.05) is 31.2 Å². The number of nitrogens with zero attached hydrogens (tertiary/aromatic N) is 1. The van der Waals surface area contributed by atoms with Crippen molar-refractivity contribution in [1.29, 1.82) is 0 Å². The van der Waals surface area contributed by atoms with Crippen molar-refractivity contribution in [1.82, 2.24) is 4.98 Å². The number of rotatable bonds is 7. The second-order valence-electron chi connectivity index (χ2n) is 6.72. The van der Waals surface area contributed by atoms with Gasteiger partial charge in [-0.3, -0.25) is 10.2 Å². The number of thiazole rings is 1. The van der Waals surface area contributed by atoms with Crippen LogP contribution in [0, 0.1) is 6.92 Å². The number of nitrogens with one attached hydrogen (secondary N) is 2. The van der Waals surface area contributed by atoms with E-state index in [9.17, 15) is 4.79 Å². The number of benzene rings is 2. The van der Waals surface area contributed by atoms with Gasteiger partial charge in [-0.15, -0.1) is 0 Å². The van der Waals surface area contributed by atoms with E-state index in [0.717, 1.165) is 21.6 Å². The van der Waals surface area contributed by atoms with Crippen LogP contribution in [0.15, 0.2) is 30.3 Å². The molecule has 1 heterocycles. The number of nitrogen functional groups attached to an aromatic ring is 1. The molecule has 3 aromatic rings. The minimum absolute atomic E-state index is 0.0815. The van der Waals surface area contributed by atoms with Gasteiger partial charge in [-0.1, -0.05) is 37.3 Å². The minimum Gasteiger partial charge on any atom is -0.494 e. The quantitative estimate of drug-likeness (QED) is 0.409. The van der Waals surface area contributed by atoms with Gasteiger partial charge in [0.05, 0.1) is 11.8 Å². The van der Waals surface area contributed by atoms with Gasteiger partial charge in [0.15, 0.2) is 11.7 Å². The zero-order chi connectivity index (χ0) is 20.3. The predicted octanol–water partition coefficient (Wildman–Crippen LogP) is 4.04. The molecule has 148 valence electrons. The van der Waals surface area contributed by atoms with Crippen molar-refractivity contribution in [2.45, 2.75) is 26.7 Å². The van der Waals surface area contributed by atoms with E-state index < -0.39 is 0 Å². The third-order valence-corrected chi connectivity index (χ3v) is 5.17. The highest BCUT2D eigenvalue weighted by molar-refractivity contribution is 7.22. The van der Waals surface area contributed by atoms with Gasteiger partial charge in [0.1, 0.15) is 17.0 Å². The summed E-state index contributed by atoms with van der Waals surface area (Å²) < 4.78 is 12.0. The topological polar surface area (TPSA) is 98.5 Å². The van der Waals surface area contributed by atoms with Crippen molar-refractivity contribution in [2.24, 2.45) is 5.84 Å². The summed E-state index contributed by atoms with van der Waals surface area (Å²) in [5.41, 5.74) is 5.99. The number of hydrogen-bond donors (Lipinski definition) is 3. The molecule has 4 N–H and O–H groups in total. The molecule has 0 fully saturated rings. The van der Waals surface area contributed by atoms with Crippen LogP contribution < -0.4 is 26.1 Å². The Bertz CT molecular complexity index is 1000. The molecule has 28 heavy (non-hydrogen) atoms. The summed E-state index contributed by atoms with van der Waals surface area (Å²) in [6.07, 6.45) is 0. The molecule has 0 unspecified atom stereocenters. The Morgan fingerprint density at radius 3 is 2.71 bits per heavy atom. The molecule has 0 saturated carbocycles. The summed E-state index contributed by atoms with van der Waals surface area (Å²) in [6.45, 7) is 6.11. The van der Waals surface area contributed by atoms with Gasteiger partial charge >= 0.3 is 0 Å². The highest BCUT2D eigenvalue weighted by atomic mass is 32.1. The molecule has 7 nitrogen and oxygen atoms in total. The number of aromatic nitrogens is 1. The number of hydrazine groups is 1. The lowest BCUT2D eigenvalue weighted by Gasteiger charge is -2.15. The molecule has 0 saturated heterocycles. The number of fused-ring (bicyclic) bond motifs is 1. The average Bonchev–Trinajstić information content (AvgIpc) is 3.08. The van der Waals surface area contributed by atoms with Crippen LogP contribution in [-0.4, -0.2) is 24.6 Å². The number of aryl methyl sites for hydroxylation is 1. The number of carbonyl (C=O) groups is 1. The second kappa shape index (κ2) is 8.45. The fourth-order valence-electron chi connectivity index (χ4n) is 2.87. The Kier molecular flexibility index (Phi) is 6.01. The lowest BCUT2D eigenvalue weighted by atomic mass is 10.0. The number of carbonyl (C=O) groups excluding carboxylic acids is 1. The van der Waals surface area contributed by atoms with Gasteiger partial charge in [0, 0.05) is 11.8 Å². The summed E-state index contributed by atoms with van der Waals surface area (Å²) in [5, 5.41) is 3.42. The molecule has 0 spiro atoms. The summed E-state index contributed by atoms with van der Waals surface area (Å²) in [5.74, 6) is 6.79. The Morgan fingerprint density at radius 2 is 2.04 bits per heavy atom. The van der Waals surface area contributed by atoms with E-state index >= 15 is 0 Å². The summed E-state index contributed by atoms with van der Waals surface area (Å²) >= 11 is 1.38. The lowest BCUT2D eigenvalue weighted by Crippen LogP contribution is -2.20. The summed E-state index contributed by atoms with van der Waals surface area (Å²) in [7, 11) is 1.56. The van der Waals surface area contributed by atoms with Crippen LogP contribution in [-0.2, 0) is 4.79 Å². The summed E-state index contributed by atoms with van der Waals surface area (Å²) in [6, 6.07) is 9.60. The number of amides is 1. The molecular formula is C20H24N4O3S. The van der Waals surface area contributed by atoms with Gasteiger partial charge in [0.25, 0.3) is 5.91 Å². The van der Waals surface area contributed by atoms with E-state index in [2.05, 4.69) is 29.6 Å². The summed E-state index contributed by atoms with van der Waals surface area (Å²) in [4.78, 5) is 16.8. The van der Waals surface area contributed by atoms with Crippen molar-refractivity contribution in [3.63, 3.8) is 0 Å². The molecular weight excluding hydrogens is 376 g/mol. The number of hydrogen-bond acceptors (Lipinski definition) is 7. The number of anilines is 2. The first-order valence-corrected chi connectivity index (χ1v) is 9.71. The zero-order valence-electron chi connectivity index (χ0n) is 16.3. The molecule has 8 heteroatoms. The standard InChI is InChI=1S/C20H24N4O3S/c1-11(2)14-6-5-12(3)7-15(14)27-10-18(25)22-13-8-16(26-4)19-17(9-13)28-20(23-19)24-21/h5-9,11H,10,21H2,1-4H3,(H,22,25)(H,23,24). The molecule has 0 atom stereocenters. The molecule has 1 amide bonds. The van der Waals surface area contributed by atoms with Gasteiger partial charge in [-0.25, -0.2) is 10.8 Å². The lowest BCUT2D eigenvalue weighted by molar-refractivity contribution is -0.118. The Balaban J connectivity index is 1.74. The van der Waals surface area contributed by atoms with Gasteiger partial charge in [-0.2, -0.15) is 0 Å². The maximum absolute atomic E-state index is 12.4. The van der Waals surface area contributed by atoms with Crippen molar-refractivity contribution < 1.29 is 14.3 Å². The van der Waals surface area contributed by atoms with Crippen LogP contribution in [0.5, 0.6) is 11.5 Å². The second-order valence-corrected chi connectivity index (χ2v) is 7.75. The normalized spacial score (nSPS) is 10.9. The Labute approximate surface area is 167 Å². The number of methoxy groups -OCH3 is 1. The third-order valence-electron chi connectivity index (χ3n) is 4.24. The largest absolute Gasteiger partial charge is 0.494 e. The van der Waals surface area contributed by atoms with Gasteiger partial charge < -0.3 is 14.8 Å². The van der Waals surface area contributed by atoms with Crippen LogP contribution in [0.4, 0.5) is 10.8 Å². The molecule has 0 radical (unpaired) electrons. The highest BCUT2D eigenvalue weighted by Crippen LogP contribution is 2.35. The van der Waals surface area contributed by atoms with Crippen LogP contribution in [0.2, 0.25) is 0 Å². The van der Waals surface area contributed by atoms with Gasteiger partial charge in [0.2, 0.25) is 0 Å². The smallest absolute Gasteiger partial charge is 0.262 e. The molecule has 2 aromatic carbocycles. The fraction of sp³-hybridized carbons (Fsp3) is 0.300. The van der Waals surface area contributed by atoms with E-state index in [1.54, 1.807) is 13.2 Å². The average molecular weight is 401 g/mol. The van der Waals surface area contributed by atoms with Crippen molar-refractivity contribution in [3.05, 3.63) is 41.5 Å². The van der Waals surface area contributed by atoms with Crippen molar-refractivity contribution >= 4 is 38.3 Å². The van der Waals surface area contributed by atoms with Crippen molar-refractivity contribution in [2.75, 3.05) is 24.5 Å². The molecule has 0 aliphatic rings. The van der Waals surface area contributed by atoms with Crippen LogP contribution in [0.1, 0.15) is 30.9 Å². The van der Waals surface area contributed by atoms with Crippen LogP contribution >= 0.6 is 11.3 Å². The Hall–Kier alpha value is -2.84. The highest BCUT2D eigenvalue weighted by Gasteiger charge is 2.14. The molecule has 0 aliphatic carbocycles. The fourth-order valence-corrected chi connectivity index (χ4v) is 3.71. The predicted molar refractivity (Wildman–Crippen MR) is 113 cm³/mol. The maximum Gasteiger partial charge on any atom is 0.262 e. The van der Waals surface area contributed by atoms with E-state index in [4.69, 9.17) is 15.3 Å². The van der Waals surface area contributed by atoms with E-state index in [1.165, 1.54) is 11.3 Å². The van der Waals surface area contributed by atoms with Gasteiger partial charge in [-0.05, 0) is 36.1 Å². The monoisotopic (exact) mass is 400 g/mol. The third kappa shape index (κ3) is 4.35. The minimum atomic E-state index is -0.251. The first-order valence-electron chi connectivity index (χ1n) is 8.89. The zero-order valence-corrected chi connectivity index (χ0v) is 17.1. The van der Waals surface area contributed by atoms with Crippen molar-refractivity contribution in [3.8, 4) is 11.5 Å². The Morgan fingerprint density at radius 1 is 1.25 bits per heavy atom. The maximum atomic E-state index is 12.4. The molecule has 3 rings (SSSR count). The first kappa shape index (κ1) is 19.9. The van der Waals surface area contributed by atoms with E-state index in [0.29, 0.717) is 28.0 Å². The SMILES string of the molecule is COc1cc(NC(=O)COc2cc(C)ccc2C(C)C)cc2sc(NN)nc12. The molecule has 1 aromatic heterocycles. The molecule has 0 aliphatic heterocycles. The molecule has 0 bridgehead atoms. The van der Waals surface area contributed by atoms with Crippen LogP contribution in [0.3, 0.4) is 0 Å². The number of nitrogens with two attached hydrogens (primary N) is 1. The van der Waals surface area contributed by atoms with E-state index in [-0.39, 0.29) is 12.5 Å².